The molecule has 0 bridgehead atoms. The largest absolute Gasteiger partial charge is 0.337 e. The number of pyridine rings is 1. The average Bonchev–Trinajstić information content (AvgIpc) is 3.27. The maximum atomic E-state index is 13.3. The maximum absolute atomic E-state index is 13.3. The lowest BCUT2D eigenvalue weighted by Crippen LogP contribution is -2.48. The first-order valence-electron chi connectivity index (χ1n) is 9.03. The van der Waals surface area contributed by atoms with E-state index in [4.69, 9.17) is 0 Å². The predicted octanol–water partition coefficient (Wildman–Crippen LogP) is 1.29. The predicted molar refractivity (Wildman–Crippen MR) is 101 cm³/mol. The lowest BCUT2D eigenvalue weighted by molar-refractivity contribution is 0.0601. The first-order valence-corrected chi connectivity index (χ1v) is 9.03. The smallest absolute Gasteiger partial charge is 0.276 e. The van der Waals surface area contributed by atoms with Gasteiger partial charge in [0.25, 0.3) is 11.5 Å². The highest BCUT2D eigenvalue weighted by molar-refractivity contribution is 5.95. The van der Waals surface area contributed by atoms with Crippen LogP contribution in [0.5, 0.6) is 0 Å². The molecule has 1 saturated heterocycles. The van der Waals surface area contributed by atoms with Crippen molar-refractivity contribution in [2.24, 2.45) is 0 Å². The van der Waals surface area contributed by atoms with Gasteiger partial charge >= 0.3 is 0 Å². The molecule has 5 rings (SSSR count). The molecule has 5 heterocycles. The minimum atomic E-state index is -0.384. The van der Waals surface area contributed by atoms with E-state index in [-0.39, 0.29) is 29.1 Å². The maximum Gasteiger partial charge on any atom is 0.276 e. The number of amides is 1. The van der Waals surface area contributed by atoms with E-state index in [2.05, 4.69) is 20.2 Å². The second-order valence-corrected chi connectivity index (χ2v) is 7.01. The minimum Gasteiger partial charge on any atom is -0.337 e. The van der Waals surface area contributed by atoms with Crippen LogP contribution in [-0.4, -0.2) is 53.3 Å². The fourth-order valence-electron chi connectivity index (χ4n) is 3.54. The highest BCUT2D eigenvalue weighted by Gasteiger charge is 2.34. The lowest BCUT2D eigenvalue weighted by Gasteiger charge is -2.39. The van der Waals surface area contributed by atoms with Gasteiger partial charge in [0.15, 0.2) is 0 Å². The molecule has 4 aromatic rings. The summed E-state index contributed by atoms with van der Waals surface area (Å²) in [6.07, 6.45) is 5.92. The Kier molecular flexibility index (Phi) is 3.79. The molecule has 1 aliphatic rings. The van der Waals surface area contributed by atoms with Crippen molar-refractivity contribution in [1.29, 1.82) is 0 Å². The van der Waals surface area contributed by atoms with Crippen LogP contribution in [0.2, 0.25) is 0 Å². The molecule has 1 N–H and O–H groups in total. The fraction of sp³-hybridized carbons (Fsp3) is 0.211. The van der Waals surface area contributed by atoms with Crippen LogP contribution in [0.15, 0.2) is 47.8 Å². The highest BCUT2D eigenvalue weighted by Crippen LogP contribution is 2.28. The molecule has 10 heteroatoms. The van der Waals surface area contributed by atoms with E-state index in [0.29, 0.717) is 29.9 Å². The molecule has 1 aliphatic heterocycles. The van der Waals surface area contributed by atoms with Crippen LogP contribution in [0.1, 0.15) is 27.5 Å². The first-order chi connectivity index (χ1) is 14.0. The third kappa shape index (κ3) is 2.80. The van der Waals surface area contributed by atoms with Crippen LogP contribution < -0.4 is 5.56 Å². The third-order valence-corrected chi connectivity index (χ3v) is 5.20. The number of rotatable bonds is 3. The standard InChI is InChI=1S/C19H16FN7O2/c1-11-15(18(29)25-9-13(10-25)12-5-14(20)7-21-6-12)8-22-27(11)19-23-17(28)16-3-2-4-26(16)24-19/h2-8,13H,9-10H2,1H3,(H,23,24,28). The molecule has 0 aliphatic carbocycles. The number of H-pyrrole nitrogens is 1. The van der Waals surface area contributed by atoms with Crippen molar-refractivity contribution in [3.63, 3.8) is 0 Å². The van der Waals surface area contributed by atoms with Crippen LogP contribution in [-0.2, 0) is 0 Å². The third-order valence-electron chi connectivity index (χ3n) is 5.20. The van der Waals surface area contributed by atoms with Crippen molar-refractivity contribution in [2.45, 2.75) is 12.8 Å². The summed E-state index contributed by atoms with van der Waals surface area (Å²) in [6.45, 7) is 2.71. The Bertz CT molecular complexity index is 1300. The van der Waals surface area contributed by atoms with Crippen molar-refractivity contribution in [3.05, 3.63) is 76.0 Å². The van der Waals surface area contributed by atoms with Crippen molar-refractivity contribution in [2.75, 3.05) is 13.1 Å². The van der Waals surface area contributed by atoms with Crippen molar-refractivity contribution in [3.8, 4) is 5.95 Å². The van der Waals surface area contributed by atoms with Gasteiger partial charge in [0.2, 0.25) is 5.95 Å². The van der Waals surface area contributed by atoms with E-state index >= 15 is 0 Å². The normalized spacial score (nSPS) is 14.3. The molecule has 0 atom stereocenters. The quantitative estimate of drug-likeness (QED) is 0.565. The van der Waals surface area contributed by atoms with Crippen molar-refractivity contribution in [1.82, 2.24) is 34.3 Å². The van der Waals surface area contributed by atoms with E-state index in [1.807, 2.05) is 0 Å². The minimum absolute atomic E-state index is 0.0617. The Morgan fingerprint density at radius 2 is 2.10 bits per heavy atom. The molecule has 4 aromatic heterocycles. The van der Waals surface area contributed by atoms with E-state index in [1.165, 1.54) is 21.5 Å². The van der Waals surface area contributed by atoms with E-state index in [0.717, 1.165) is 11.8 Å². The van der Waals surface area contributed by atoms with Crippen LogP contribution >= 0.6 is 0 Å². The number of likely N-dealkylation sites (tertiary alicyclic amines) is 1. The number of nitrogens with one attached hydrogen (secondary N) is 1. The molecule has 0 spiro atoms. The summed E-state index contributed by atoms with van der Waals surface area (Å²) in [6, 6.07) is 4.83. The average molecular weight is 393 g/mol. The zero-order valence-electron chi connectivity index (χ0n) is 15.4. The van der Waals surface area contributed by atoms with Gasteiger partial charge in [-0.15, -0.1) is 5.10 Å². The van der Waals surface area contributed by atoms with Crippen molar-refractivity contribution < 1.29 is 9.18 Å². The number of hydrogen-bond acceptors (Lipinski definition) is 5. The van der Waals surface area contributed by atoms with Gasteiger partial charge in [-0.3, -0.25) is 19.6 Å². The van der Waals surface area contributed by atoms with Gasteiger partial charge in [0, 0.05) is 31.4 Å². The van der Waals surface area contributed by atoms with E-state index in [1.54, 1.807) is 36.4 Å². The van der Waals surface area contributed by atoms with Crippen LogP contribution in [0.25, 0.3) is 11.5 Å². The summed E-state index contributed by atoms with van der Waals surface area (Å²) in [5, 5.41) is 8.57. The first kappa shape index (κ1) is 17.3. The van der Waals surface area contributed by atoms with Gasteiger partial charge in [-0.25, -0.2) is 13.6 Å². The van der Waals surface area contributed by atoms with Crippen LogP contribution in [0, 0.1) is 12.7 Å². The highest BCUT2D eigenvalue weighted by atomic mass is 19.1. The number of fused-ring (bicyclic) bond motifs is 1. The Balaban J connectivity index is 1.38. The lowest BCUT2D eigenvalue weighted by atomic mass is 9.92. The summed E-state index contributed by atoms with van der Waals surface area (Å²) in [4.78, 5) is 33.3. The Morgan fingerprint density at radius 3 is 2.90 bits per heavy atom. The molecular formula is C19H16FN7O2. The summed E-state index contributed by atoms with van der Waals surface area (Å²) >= 11 is 0. The van der Waals surface area contributed by atoms with Gasteiger partial charge < -0.3 is 4.90 Å². The molecule has 9 nitrogen and oxygen atoms in total. The molecule has 0 saturated carbocycles. The van der Waals surface area contributed by atoms with Crippen LogP contribution in [0.4, 0.5) is 4.39 Å². The van der Waals surface area contributed by atoms with E-state index in [9.17, 15) is 14.0 Å². The number of aromatic amines is 1. The number of nitrogens with zero attached hydrogens (tertiary/aromatic N) is 6. The second-order valence-electron chi connectivity index (χ2n) is 7.01. The molecule has 146 valence electrons. The molecule has 29 heavy (non-hydrogen) atoms. The monoisotopic (exact) mass is 393 g/mol. The van der Waals surface area contributed by atoms with Gasteiger partial charge in [0.1, 0.15) is 11.3 Å². The van der Waals surface area contributed by atoms with Crippen molar-refractivity contribution >= 4 is 11.4 Å². The Morgan fingerprint density at radius 1 is 1.28 bits per heavy atom. The molecular weight excluding hydrogens is 377 g/mol. The van der Waals surface area contributed by atoms with Gasteiger partial charge in [0.05, 0.1) is 23.7 Å². The number of hydrogen-bond donors (Lipinski definition) is 1. The summed E-state index contributed by atoms with van der Waals surface area (Å²) in [7, 11) is 0. The summed E-state index contributed by atoms with van der Waals surface area (Å²) in [5.41, 5.74) is 1.91. The van der Waals surface area contributed by atoms with Crippen LogP contribution in [0.3, 0.4) is 0 Å². The zero-order chi connectivity index (χ0) is 20.1. The molecule has 0 unspecified atom stereocenters. The van der Waals surface area contributed by atoms with Gasteiger partial charge in [-0.05, 0) is 30.7 Å². The summed E-state index contributed by atoms with van der Waals surface area (Å²) in [5.74, 6) is -0.265. The topological polar surface area (TPSA) is 101 Å². The molecule has 1 fully saturated rings. The fourth-order valence-corrected chi connectivity index (χ4v) is 3.54. The van der Waals surface area contributed by atoms with Gasteiger partial charge in [-0.2, -0.15) is 5.10 Å². The zero-order valence-corrected chi connectivity index (χ0v) is 15.4. The molecule has 0 radical (unpaired) electrons. The molecule has 0 aromatic carbocycles. The SMILES string of the molecule is Cc1c(C(=O)N2CC(c3cncc(F)c3)C2)cnn1-c1nn2cccc2c(=O)[nH]1. The Hall–Kier alpha value is -3.82. The van der Waals surface area contributed by atoms with E-state index < -0.39 is 0 Å². The number of carbonyl (C=O) groups is 1. The molecule has 1 amide bonds. The van der Waals surface area contributed by atoms with Gasteiger partial charge in [-0.1, -0.05) is 0 Å². The second kappa shape index (κ2) is 6.36. The number of halogens is 1. The number of aromatic nitrogens is 6. The number of carbonyl (C=O) groups excluding carboxylic acids is 1. The Labute approximate surface area is 163 Å². The summed E-state index contributed by atoms with van der Waals surface area (Å²) < 4.78 is 16.2.